The van der Waals surface area contributed by atoms with Crippen molar-refractivity contribution in [2.45, 2.75) is 37.0 Å². The number of pyridine rings is 2. The predicted molar refractivity (Wildman–Crippen MR) is 218 cm³/mol. The van der Waals surface area contributed by atoms with Crippen molar-refractivity contribution in [3.63, 3.8) is 0 Å². The van der Waals surface area contributed by atoms with Gasteiger partial charge in [-0.15, -0.1) is 23.8 Å². The first-order valence-corrected chi connectivity index (χ1v) is 25.1. The van der Waals surface area contributed by atoms with Gasteiger partial charge >= 0.3 is 135 Å². The van der Waals surface area contributed by atoms with Crippen LogP contribution in [0.1, 0.15) is 26.7 Å². The Morgan fingerprint density at radius 1 is 0.647 bits per heavy atom. The Morgan fingerprint density at radius 3 is 1.98 bits per heavy atom. The minimum Gasteiger partial charge on any atom is 0 e. The van der Waals surface area contributed by atoms with Crippen molar-refractivity contribution in [2.24, 2.45) is 0 Å². The molecule has 0 aliphatic carbocycles. The predicted octanol–water partition coefficient (Wildman–Crippen LogP) is 12.5. The quantitative estimate of drug-likeness (QED) is 0.123. The van der Waals surface area contributed by atoms with Crippen LogP contribution in [-0.2, 0) is 20.1 Å². The van der Waals surface area contributed by atoms with Crippen LogP contribution in [-0.4, -0.2) is 23.2 Å². The van der Waals surface area contributed by atoms with E-state index in [1.165, 1.54) is 46.8 Å². The second-order valence-electron chi connectivity index (χ2n) is 13.7. The fourth-order valence-electron chi connectivity index (χ4n) is 6.04. The molecule has 0 aliphatic rings. The summed E-state index contributed by atoms with van der Waals surface area (Å²) in [5.74, 6) is 6.51. The Kier molecular flexibility index (Phi) is 11.1. The van der Waals surface area contributed by atoms with Gasteiger partial charge in [0.05, 0.1) is 0 Å². The van der Waals surface area contributed by atoms with Crippen LogP contribution in [0.25, 0.3) is 64.9 Å². The minimum atomic E-state index is -1.79. The minimum absolute atomic E-state index is 0. The maximum Gasteiger partial charge on any atom is 0 e. The van der Waals surface area contributed by atoms with E-state index in [1.807, 2.05) is 50.2 Å². The van der Waals surface area contributed by atoms with Crippen molar-refractivity contribution >= 4 is 49.2 Å². The van der Waals surface area contributed by atoms with Gasteiger partial charge in [-0.1, -0.05) is 73.3 Å². The van der Waals surface area contributed by atoms with Crippen LogP contribution in [0.15, 0.2) is 146 Å². The fourth-order valence-corrected chi connectivity index (χ4v) is 9.46. The molecule has 2 nitrogen and oxygen atoms in total. The molecule has 0 atom stereocenters. The molecule has 3 heterocycles. The molecule has 3 aromatic heterocycles. The summed E-state index contributed by atoms with van der Waals surface area (Å²) in [6.45, 7) is 3.81. The van der Waals surface area contributed by atoms with Gasteiger partial charge < -0.3 is 4.98 Å². The van der Waals surface area contributed by atoms with Gasteiger partial charge in [0.1, 0.15) is 0 Å². The molecule has 0 bridgehead atoms. The first-order valence-electron chi connectivity index (χ1n) is 17.5. The topological polar surface area (TPSA) is 25.8 Å². The van der Waals surface area contributed by atoms with Gasteiger partial charge in [-0.2, -0.15) is 11.3 Å². The Morgan fingerprint density at radius 2 is 1.33 bits per heavy atom. The van der Waals surface area contributed by atoms with Crippen LogP contribution in [0.2, 0.25) is 17.3 Å². The largest absolute Gasteiger partial charge is 0 e. The first kappa shape index (κ1) is 35.2. The van der Waals surface area contributed by atoms with Gasteiger partial charge in [0.25, 0.3) is 0 Å². The van der Waals surface area contributed by atoms with E-state index in [4.69, 9.17) is 1.37 Å². The number of fused-ring (bicyclic) bond motifs is 3. The molecular weight excluding hydrogens is 877 g/mol. The van der Waals surface area contributed by atoms with E-state index in [2.05, 4.69) is 143 Å². The molecule has 255 valence electrons. The third kappa shape index (κ3) is 8.32. The van der Waals surface area contributed by atoms with E-state index in [9.17, 15) is 0 Å². The Balaban J connectivity index is 0.000000182. The van der Waals surface area contributed by atoms with Crippen molar-refractivity contribution in [1.82, 2.24) is 9.97 Å². The summed E-state index contributed by atoms with van der Waals surface area (Å²) < 4.78 is 12.2. The van der Waals surface area contributed by atoms with E-state index >= 15 is 0 Å². The molecule has 1 radical (unpaired) electrons. The molecule has 0 amide bonds. The molecule has 51 heavy (non-hydrogen) atoms. The summed E-state index contributed by atoms with van der Waals surface area (Å²) in [5.41, 5.74) is 9.77. The molecule has 0 saturated carbocycles. The summed E-state index contributed by atoms with van der Waals surface area (Å²) in [5, 5.41) is 2.49. The smallest absolute Gasteiger partial charge is 0 e. The van der Waals surface area contributed by atoms with Gasteiger partial charge in [0.2, 0.25) is 0 Å². The molecule has 5 heteroatoms. The Labute approximate surface area is 323 Å². The van der Waals surface area contributed by atoms with Crippen LogP contribution in [0.3, 0.4) is 0 Å². The van der Waals surface area contributed by atoms with E-state index in [0.717, 1.165) is 28.1 Å². The van der Waals surface area contributed by atoms with Gasteiger partial charge in [-0.25, -0.2) is 0 Å². The van der Waals surface area contributed by atoms with Gasteiger partial charge in [-0.3, -0.25) is 0 Å². The summed E-state index contributed by atoms with van der Waals surface area (Å²) in [6.07, 6.45) is 3.85. The average Bonchev–Trinajstić information content (AvgIpc) is 3.54. The molecule has 8 rings (SSSR count). The monoisotopic (exact) mass is 920 g/mol. The van der Waals surface area contributed by atoms with Crippen LogP contribution in [0.5, 0.6) is 0 Å². The number of nitrogens with zero attached hydrogens (tertiary/aromatic N) is 2. The number of thiophene rings is 1. The van der Waals surface area contributed by atoms with Crippen molar-refractivity contribution in [1.29, 1.82) is 0 Å². The number of hydrogen-bond donors (Lipinski definition) is 0. The maximum absolute atomic E-state index is 8.35. The second-order valence-corrected chi connectivity index (χ2v) is 25.4. The standard InChI is InChI=1S/C26H20NS.C20H20GeN.Ir/c1-17(2)19-13-14-27-24(15-19)23-10-6-9-22-21-12-11-20(16-25(21)28-26(22)23)18-7-4-3-5-8-18;1-21(2,3)19-12-13-20(22-15-19)18-11-7-10-17(14-18)16-8-5-4-6-9-16;/h3-9,11-17H,1-2H3;4-10,12-15H,1-3H3;/q2*-1;/i17D;;. The number of hydrogen-bond acceptors (Lipinski definition) is 3. The molecule has 0 fully saturated rings. The fraction of sp³-hybridized carbons (Fsp3) is 0.130. The molecule has 0 saturated heterocycles. The van der Waals surface area contributed by atoms with E-state index in [0.29, 0.717) is 0 Å². The van der Waals surface area contributed by atoms with E-state index < -0.39 is 19.2 Å². The molecule has 8 aromatic rings. The zero-order valence-electron chi connectivity index (χ0n) is 30.5. The summed E-state index contributed by atoms with van der Waals surface area (Å²) >= 11 is -0.00311. The molecule has 0 unspecified atom stereocenters. The van der Waals surface area contributed by atoms with Gasteiger partial charge in [0.15, 0.2) is 0 Å². The van der Waals surface area contributed by atoms with Crippen LogP contribution in [0, 0.1) is 12.1 Å². The molecule has 0 aliphatic heterocycles. The van der Waals surface area contributed by atoms with Gasteiger partial charge in [0, 0.05) is 32.4 Å². The number of aromatic nitrogens is 2. The summed E-state index contributed by atoms with van der Waals surface area (Å²) in [6, 6.07) is 53.0. The third-order valence-electron chi connectivity index (χ3n) is 8.95. The first-order chi connectivity index (χ1) is 24.5. The van der Waals surface area contributed by atoms with Crippen LogP contribution in [0.4, 0.5) is 0 Å². The molecule has 0 spiro atoms. The van der Waals surface area contributed by atoms with Crippen molar-refractivity contribution in [3.05, 3.63) is 164 Å². The van der Waals surface area contributed by atoms with Gasteiger partial charge in [-0.05, 0) is 44.9 Å². The number of benzene rings is 5. The van der Waals surface area contributed by atoms with E-state index in [1.54, 1.807) is 17.5 Å². The normalized spacial score (nSPS) is 11.7. The van der Waals surface area contributed by atoms with Crippen LogP contribution < -0.4 is 4.40 Å². The Bertz CT molecular complexity index is 2430. The van der Waals surface area contributed by atoms with Crippen molar-refractivity contribution in [3.8, 4) is 44.8 Å². The number of rotatable bonds is 6. The Hall–Kier alpha value is -4.19. The average molecular weight is 919 g/mol. The zero-order chi connectivity index (χ0) is 35.6. The molecule has 0 N–H and O–H groups in total. The molecular formula is C46H40GeIrN2S-2. The van der Waals surface area contributed by atoms with Crippen molar-refractivity contribution in [2.75, 3.05) is 0 Å². The SMILES string of the molecule is [2H]C(C)(C)c1ccnc(-c2[c-]ccc3c2sc2cc(-c4ccccc4)ccc23)c1.[CH3][Ge]([CH3])([CH3])[c]1ccc(-c2[c-]ccc(-c3ccccc3)c2)nc1.[Ir]. The van der Waals surface area contributed by atoms with E-state index in [-0.39, 0.29) is 20.1 Å². The summed E-state index contributed by atoms with van der Waals surface area (Å²) in [4.78, 5) is 9.27. The van der Waals surface area contributed by atoms with Crippen molar-refractivity contribution < 1.29 is 21.5 Å². The third-order valence-corrected chi connectivity index (χ3v) is 14.4. The summed E-state index contributed by atoms with van der Waals surface area (Å²) in [7, 11) is 0. The second kappa shape index (κ2) is 16.0. The maximum atomic E-state index is 8.35. The van der Waals surface area contributed by atoms with Crippen LogP contribution >= 0.6 is 11.3 Å². The molecule has 5 aromatic carbocycles. The zero-order valence-corrected chi connectivity index (χ0v) is 34.8.